The lowest BCUT2D eigenvalue weighted by molar-refractivity contribution is -0.132. The Hall–Kier alpha value is -7.87. The van der Waals surface area contributed by atoms with Gasteiger partial charge in [-0.2, -0.15) is 0 Å². The molecular formula is C54H46O16S3. The van der Waals surface area contributed by atoms with Crippen molar-refractivity contribution in [3.63, 3.8) is 0 Å². The predicted octanol–water partition coefficient (Wildman–Crippen LogP) is 11.6. The number of esters is 8. The van der Waals surface area contributed by atoms with E-state index in [1.165, 1.54) is 76.2 Å². The van der Waals surface area contributed by atoms with E-state index in [-0.39, 0.29) is 68.2 Å². The van der Waals surface area contributed by atoms with Gasteiger partial charge in [0, 0.05) is 38.8 Å². The number of hydrogen-bond acceptors (Lipinski definition) is 19. The van der Waals surface area contributed by atoms with Crippen molar-refractivity contribution in [2.24, 2.45) is 0 Å². The fourth-order valence-corrected chi connectivity index (χ4v) is 11.5. The second-order valence-corrected chi connectivity index (χ2v) is 19.8. The molecule has 0 aliphatic rings. The first-order valence-corrected chi connectivity index (χ1v) is 25.4. The molecule has 16 nitrogen and oxygen atoms in total. The highest BCUT2D eigenvalue weighted by Crippen LogP contribution is 2.56. The van der Waals surface area contributed by atoms with Crippen molar-refractivity contribution < 1.29 is 76.3 Å². The van der Waals surface area contributed by atoms with Crippen LogP contribution in [-0.4, -0.2) is 47.8 Å². The van der Waals surface area contributed by atoms with Crippen LogP contribution in [-0.2, 0) is 19.2 Å². The van der Waals surface area contributed by atoms with E-state index in [4.69, 9.17) is 37.9 Å². The molecule has 0 atom stereocenters. The zero-order valence-corrected chi connectivity index (χ0v) is 43.4. The molecule has 0 aliphatic carbocycles. The maximum Gasteiger partial charge on any atom is 0.347 e. The van der Waals surface area contributed by atoms with E-state index >= 15 is 0 Å². The standard InChI is InChI=1S/C54H46O16S3/c1-27-29(3)47(69-53(61)39-21-13-17-25-43(39)65-35(9)57)49(31(5)45(27)67-51(59)37-19-11-15-23-41(37)63-33(7)55)71-73-72-50-32(6)46(68-52(60)38-20-12-16-24-42(38)64-34(8)56)28(2)30(4)48(50)70-54(62)40-22-14-18-26-44(40)66-36(10)58/h11-26H,1-10H3. The number of rotatable bonds is 16. The Labute approximate surface area is 431 Å². The van der Waals surface area contributed by atoms with Gasteiger partial charge in [-0.3, -0.25) is 19.2 Å². The fraction of sp³-hybridized carbons (Fsp3) is 0.185. The Morgan fingerprint density at radius 1 is 0.301 bits per heavy atom. The molecule has 0 fully saturated rings. The Kier molecular flexibility index (Phi) is 17.9. The predicted molar refractivity (Wildman–Crippen MR) is 271 cm³/mol. The molecular weight excluding hydrogens is 1000 g/mol. The normalized spacial score (nSPS) is 10.7. The molecule has 0 radical (unpaired) electrons. The summed E-state index contributed by atoms with van der Waals surface area (Å²) in [6, 6.07) is 24.1. The number of hydrogen-bond donors (Lipinski definition) is 0. The van der Waals surface area contributed by atoms with Gasteiger partial charge < -0.3 is 37.9 Å². The molecule has 0 spiro atoms. The molecule has 0 amide bonds. The second kappa shape index (κ2) is 24.0. The number of ether oxygens (including phenoxy) is 8. The summed E-state index contributed by atoms with van der Waals surface area (Å²) >= 11 is 0. The molecule has 0 saturated carbocycles. The van der Waals surface area contributed by atoms with Crippen LogP contribution >= 0.6 is 31.4 Å². The van der Waals surface area contributed by atoms with E-state index in [0.717, 1.165) is 31.4 Å². The quantitative estimate of drug-likeness (QED) is 0.0501. The maximum atomic E-state index is 14.1. The van der Waals surface area contributed by atoms with E-state index in [9.17, 15) is 38.4 Å². The van der Waals surface area contributed by atoms with E-state index < -0.39 is 47.8 Å². The molecule has 6 aromatic rings. The van der Waals surface area contributed by atoms with Crippen LogP contribution in [0.4, 0.5) is 0 Å². The first-order chi connectivity index (χ1) is 34.7. The smallest absolute Gasteiger partial charge is 0.347 e. The van der Waals surface area contributed by atoms with Crippen LogP contribution < -0.4 is 37.9 Å². The van der Waals surface area contributed by atoms with Gasteiger partial charge in [0.15, 0.2) is 0 Å². The first-order valence-electron chi connectivity index (χ1n) is 21.9. The van der Waals surface area contributed by atoms with Gasteiger partial charge in [-0.05, 0) is 144 Å². The van der Waals surface area contributed by atoms with E-state index in [1.54, 1.807) is 90.1 Å². The Balaban J connectivity index is 1.46. The fourth-order valence-electron chi connectivity index (χ4n) is 7.08. The molecule has 6 rings (SSSR count). The highest BCUT2D eigenvalue weighted by molar-refractivity contribution is 9.09. The van der Waals surface area contributed by atoms with Crippen molar-refractivity contribution in [3.8, 4) is 46.0 Å². The third kappa shape index (κ3) is 13.0. The molecule has 0 N–H and O–H groups in total. The number of benzene rings is 6. The first kappa shape index (κ1) is 54.5. The van der Waals surface area contributed by atoms with Crippen LogP contribution in [0.15, 0.2) is 107 Å². The molecule has 0 bridgehead atoms. The Bertz CT molecular complexity index is 3020. The largest absolute Gasteiger partial charge is 0.426 e. The van der Waals surface area contributed by atoms with Crippen LogP contribution in [0.25, 0.3) is 0 Å². The molecule has 19 heteroatoms. The second-order valence-electron chi connectivity index (χ2n) is 15.9. The van der Waals surface area contributed by atoms with Crippen molar-refractivity contribution in [1.29, 1.82) is 0 Å². The Morgan fingerprint density at radius 2 is 0.521 bits per heavy atom. The average Bonchev–Trinajstić information content (AvgIpc) is 3.34. The summed E-state index contributed by atoms with van der Waals surface area (Å²) in [4.78, 5) is 104. The summed E-state index contributed by atoms with van der Waals surface area (Å²) in [5.41, 5.74) is 2.03. The van der Waals surface area contributed by atoms with Crippen molar-refractivity contribution in [1.82, 2.24) is 0 Å². The van der Waals surface area contributed by atoms with Crippen LogP contribution in [0, 0.1) is 41.5 Å². The summed E-state index contributed by atoms with van der Waals surface area (Å²) in [5.74, 6) is -5.96. The highest BCUT2D eigenvalue weighted by atomic mass is 33.5. The highest BCUT2D eigenvalue weighted by Gasteiger charge is 2.30. The van der Waals surface area contributed by atoms with Crippen molar-refractivity contribution in [2.45, 2.75) is 79.0 Å². The number of para-hydroxylation sites is 4. The van der Waals surface area contributed by atoms with E-state index in [0.29, 0.717) is 43.2 Å². The van der Waals surface area contributed by atoms with Gasteiger partial charge in [-0.25, -0.2) is 19.2 Å². The molecule has 0 saturated heterocycles. The van der Waals surface area contributed by atoms with Crippen molar-refractivity contribution in [3.05, 3.63) is 153 Å². The van der Waals surface area contributed by atoms with Crippen LogP contribution in [0.2, 0.25) is 0 Å². The third-order valence-electron chi connectivity index (χ3n) is 10.7. The summed E-state index contributed by atoms with van der Waals surface area (Å²) in [6.07, 6.45) is 0. The Morgan fingerprint density at radius 3 is 0.767 bits per heavy atom. The monoisotopic (exact) mass is 1050 g/mol. The van der Waals surface area contributed by atoms with Crippen molar-refractivity contribution in [2.75, 3.05) is 0 Å². The topological polar surface area (TPSA) is 210 Å². The molecule has 0 aromatic heterocycles. The third-order valence-corrected chi connectivity index (χ3v) is 14.8. The van der Waals surface area contributed by atoms with Crippen molar-refractivity contribution >= 4 is 79.2 Å². The molecule has 0 aliphatic heterocycles. The maximum absolute atomic E-state index is 14.1. The number of carbonyl (C=O) groups is 8. The molecule has 0 unspecified atom stereocenters. The van der Waals surface area contributed by atoms with Gasteiger partial charge in [0.2, 0.25) is 0 Å². The zero-order valence-electron chi connectivity index (χ0n) is 41.0. The summed E-state index contributed by atoms with van der Waals surface area (Å²) in [7, 11) is 3.24. The van der Waals surface area contributed by atoms with Gasteiger partial charge in [0.05, 0.1) is 9.79 Å². The minimum atomic E-state index is -0.881. The van der Waals surface area contributed by atoms with Gasteiger partial charge >= 0.3 is 47.8 Å². The average molecular weight is 1050 g/mol. The van der Waals surface area contributed by atoms with Gasteiger partial charge in [0.25, 0.3) is 0 Å². The van der Waals surface area contributed by atoms with Gasteiger partial charge in [0.1, 0.15) is 68.2 Å². The molecule has 0 heterocycles. The van der Waals surface area contributed by atoms with Gasteiger partial charge in [-0.15, -0.1) is 0 Å². The molecule has 6 aromatic carbocycles. The summed E-state index contributed by atoms with van der Waals surface area (Å²) < 4.78 is 45.6. The van der Waals surface area contributed by atoms with Gasteiger partial charge in [-0.1, -0.05) is 48.5 Å². The summed E-state index contributed by atoms with van der Waals surface area (Å²) in [5, 5.41) is 0. The van der Waals surface area contributed by atoms with E-state index in [1.807, 2.05) is 0 Å². The SMILES string of the molecule is CC(=O)Oc1ccccc1C(=O)Oc1c(C)c(C)c(OC(=O)c2ccccc2OC(C)=O)c(SSSc2c(C)c(OC(=O)c3ccccc3OC(C)=O)c(C)c(C)c2OC(=O)c2ccccc2OC(C)=O)c1C. The zero-order chi connectivity index (χ0) is 53.3. The lowest BCUT2D eigenvalue weighted by Crippen LogP contribution is -2.16. The van der Waals surface area contributed by atoms with E-state index in [2.05, 4.69) is 0 Å². The molecule has 376 valence electrons. The summed E-state index contributed by atoms with van der Waals surface area (Å²) in [6.45, 7) is 14.7. The lowest BCUT2D eigenvalue weighted by atomic mass is 10.0. The van der Waals surface area contributed by atoms with Crippen LogP contribution in [0.1, 0.15) is 103 Å². The number of carbonyl (C=O) groups excluding carboxylic acids is 8. The van der Waals surface area contributed by atoms with Crippen LogP contribution in [0.5, 0.6) is 46.0 Å². The molecule has 73 heavy (non-hydrogen) atoms. The van der Waals surface area contributed by atoms with Crippen LogP contribution in [0.3, 0.4) is 0 Å². The lowest BCUT2D eigenvalue weighted by Gasteiger charge is -2.22. The minimum absolute atomic E-state index is 0.0284. The minimum Gasteiger partial charge on any atom is -0.426 e.